The minimum atomic E-state index is -3.53. The second-order valence-electron chi connectivity index (χ2n) is 5.81. The van der Waals surface area contributed by atoms with Crippen molar-refractivity contribution < 1.29 is 13.2 Å². The third-order valence-corrected chi connectivity index (χ3v) is 4.63. The molecule has 0 saturated carbocycles. The summed E-state index contributed by atoms with van der Waals surface area (Å²) in [6, 6.07) is 7.18. The van der Waals surface area contributed by atoms with E-state index in [-0.39, 0.29) is 11.1 Å². The van der Waals surface area contributed by atoms with Crippen LogP contribution in [-0.4, -0.2) is 30.5 Å². The lowest BCUT2D eigenvalue weighted by Gasteiger charge is -2.22. The van der Waals surface area contributed by atoms with E-state index in [0.717, 1.165) is 6.26 Å². The van der Waals surface area contributed by atoms with E-state index < -0.39 is 15.3 Å². The number of sulfone groups is 1. The van der Waals surface area contributed by atoms with Crippen LogP contribution < -0.4 is 5.32 Å². The van der Waals surface area contributed by atoms with E-state index in [4.69, 9.17) is 0 Å². The van der Waals surface area contributed by atoms with Crippen LogP contribution in [0.25, 0.3) is 11.3 Å². The van der Waals surface area contributed by atoms with E-state index >= 15 is 0 Å². The molecule has 1 aromatic carbocycles. The van der Waals surface area contributed by atoms with Gasteiger partial charge in [0.1, 0.15) is 0 Å². The van der Waals surface area contributed by atoms with Crippen molar-refractivity contribution in [3.05, 3.63) is 36.0 Å². The second kappa shape index (κ2) is 4.61. The number of nitrogens with zero attached hydrogens (tertiary/aromatic N) is 2. The van der Waals surface area contributed by atoms with Crippen LogP contribution >= 0.6 is 0 Å². The zero-order valence-electron chi connectivity index (χ0n) is 12.4. The Morgan fingerprint density at radius 1 is 1.18 bits per heavy atom. The van der Waals surface area contributed by atoms with E-state index in [0.29, 0.717) is 22.5 Å². The first kappa shape index (κ1) is 14.6. The van der Waals surface area contributed by atoms with Gasteiger partial charge < -0.3 is 5.32 Å². The van der Waals surface area contributed by atoms with E-state index in [2.05, 4.69) is 15.3 Å². The average molecular weight is 317 g/mol. The predicted molar refractivity (Wildman–Crippen MR) is 82.2 cm³/mol. The van der Waals surface area contributed by atoms with Gasteiger partial charge in [-0.3, -0.25) is 4.79 Å². The molecule has 2 aromatic rings. The molecule has 1 aromatic heterocycles. The van der Waals surface area contributed by atoms with Crippen LogP contribution in [0.2, 0.25) is 0 Å². The van der Waals surface area contributed by atoms with Crippen molar-refractivity contribution in [1.82, 2.24) is 9.97 Å². The van der Waals surface area contributed by atoms with E-state index in [9.17, 15) is 13.2 Å². The van der Waals surface area contributed by atoms with E-state index in [1.807, 2.05) is 6.07 Å². The first-order valence-corrected chi connectivity index (χ1v) is 8.59. The van der Waals surface area contributed by atoms with Crippen LogP contribution in [0.3, 0.4) is 0 Å². The number of benzene rings is 1. The molecule has 1 aliphatic heterocycles. The minimum Gasteiger partial charge on any atom is -0.325 e. The van der Waals surface area contributed by atoms with Crippen molar-refractivity contribution in [3.63, 3.8) is 0 Å². The number of hydrogen-bond donors (Lipinski definition) is 1. The number of nitrogens with one attached hydrogen (secondary N) is 1. The maximum atomic E-state index is 12.5. The van der Waals surface area contributed by atoms with E-state index in [1.165, 1.54) is 6.20 Å². The third kappa shape index (κ3) is 2.18. The van der Waals surface area contributed by atoms with Gasteiger partial charge in [-0.25, -0.2) is 18.4 Å². The number of carbonyl (C=O) groups excluding carboxylic acids is 1. The maximum Gasteiger partial charge on any atom is 0.247 e. The van der Waals surface area contributed by atoms with Gasteiger partial charge >= 0.3 is 0 Å². The highest BCUT2D eigenvalue weighted by Crippen LogP contribution is 2.39. The summed E-state index contributed by atoms with van der Waals surface area (Å²) in [5, 5.41) is 2.62. The zero-order chi connectivity index (χ0) is 16.1. The van der Waals surface area contributed by atoms with Gasteiger partial charge in [-0.1, -0.05) is 18.2 Å². The molecule has 114 valence electrons. The molecule has 0 atom stereocenters. The molecular weight excluding hydrogens is 302 g/mol. The molecule has 0 radical (unpaired) electrons. The Hall–Kier alpha value is -2.28. The van der Waals surface area contributed by atoms with Crippen molar-refractivity contribution in [1.29, 1.82) is 0 Å². The maximum absolute atomic E-state index is 12.5. The van der Waals surface area contributed by atoms with E-state index in [1.54, 1.807) is 32.0 Å². The summed E-state index contributed by atoms with van der Waals surface area (Å²) in [6.07, 6.45) is 2.49. The Morgan fingerprint density at radius 2 is 1.86 bits per heavy atom. The molecule has 6 nitrogen and oxygen atoms in total. The molecule has 22 heavy (non-hydrogen) atoms. The molecule has 0 saturated heterocycles. The number of anilines is 1. The molecule has 2 heterocycles. The number of fused-ring (bicyclic) bond motifs is 3. The fourth-order valence-corrected chi connectivity index (χ4v) is 2.91. The molecule has 1 aliphatic rings. The van der Waals surface area contributed by atoms with Crippen LogP contribution in [0.15, 0.2) is 35.6 Å². The SMILES string of the molecule is CC1(C)C(=O)Nc2ccccc2-c2nc(S(C)(=O)=O)ncc21. The lowest BCUT2D eigenvalue weighted by molar-refractivity contribution is -0.120. The molecule has 1 N–H and O–H groups in total. The van der Waals surface area contributed by atoms with Crippen molar-refractivity contribution in [2.45, 2.75) is 24.4 Å². The summed E-state index contributed by atoms with van der Waals surface area (Å²) in [5.41, 5.74) is 1.49. The largest absolute Gasteiger partial charge is 0.325 e. The van der Waals surface area contributed by atoms with Crippen LogP contribution in [0.1, 0.15) is 19.4 Å². The molecule has 0 aliphatic carbocycles. The van der Waals surface area contributed by atoms with Crippen molar-refractivity contribution in [3.8, 4) is 11.3 Å². The molecule has 3 rings (SSSR count). The highest BCUT2D eigenvalue weighted by atomic mass is 32.2. The van der Waals surface area contributed by atoms with Gasteiger partial charge in [-0.2, -0.15) is 0 Å². The summed E-state index contributed by atoms with van der Waals surface area (Å²) in [7, 11) is -3.53. The fraction of sp³-hybridized carbons (Fsp3) is 0.267. The first-order valence-electron chi connectivity index (χ1n) is 6.69. The van der Waals surface area contributed by atoms with Crippen molar-refractivity contribution in [2.24, 2.45) is 0 Å². The molecule has 0 spiro atoms. The lowest BCUT2D eigenvalue weighted by atomic mass is 9.83. The molecule has 0 fully saturated rings. The smallest absolute Gasteiger partial charge is 0.247 e. The van der Waals surface area contributed by atoms with Crippen LogP contribution in [0, 0.1) is 0 Å². The van der Waals surface area contributed by atoms with Gasteiger partial charge in [0.2, 0.25) is 20.9 Å². The van der Waals surface area contributed by atoms with Crippen LogP contribution in [-0.2, 0) is 20.0 Å². The van der Waals surface area contributed by atoms with Crippen LogP contribution in [0.4, 0.5) is 5.69 Å². The number of para-hydroxylation sites is 1. The number of aromatic nitrogens is 2. The summed E-state index contributed by atoms with van der Waals surface area (Å²) in [4.78, 5) is 20.6. The molecule has 7 heteroatoms. The first-order chi connectivity index (χ1) is 10.2. The third-order valence-electron chi connectivity index (χ3n) is 3.77. The quantitative estimate of drug-likeness (QED) is 0.810. The molecular formula is C15H15N3O3S. The highest BCUT2D eigenvalue weighted by molar-refractivity contribution is 7.90. The highest BCUT2D eigenvalue weighted by Gasteiger charge is 2.37. The van der Waals surface area contributed by atoms with Crippen molar-refractivity contribution in [2.75, 3.05) is 11.6 Å². The monoisotopic (exact) mass is 317 g/mol. The van der Waals surface area contributed by atoms with Gasteiger partial charge in [-0.15, -0.1) is 0 Å². The standard InChI is InChI=1S/C15H15N3O3S/c1-15(2)10-8-16-14(22(3,20)21)18-12(10)9-6-4-5-7-11(9)17-13(15)19/h4-8H,1-3H3,(H,17,19). The predicted octanol–water partition coefficient (Wildman–Crippen LogP) is 1.78. The summed E-state index contributed by atoms with van der Waals surface area (Å²) >= 11 is 0. The van der Waals surface area contributed by atoms with Gasteiger partial charge in [0.15, 0.2) is 0 Å². The number of rotatable bonds is 1. The van der Waals surface area contributed by atoms with Gasteiger partial charge in [-0.05, 0) is 19.9 Å². The number of amides is 1. The molecule has 1 amide bonds. The minimum absolute atomic E-state index is 0.186. The summed E-state index contributed by atoms with van der Waals surface area (Å²) in [6.45, 7) is 3.52. The lowest BCUT2D eigenvalue weighted by Crippen LogP contribution is -2.34. The number of carbonyl (C=O) groups is 1. The van der Waals surface area contributed by atoms with Crippen LogP contribution in [0.5, 0.6) is 0 Å². The average Bonchev–Trinajstić information content (AvgIpc) is 2.53. The number of hydrogen-bond acceptors (Lipinski definition) is 5. The molecule has 0 bridgehead atoms. The van der Waals surface area contributed by atoms with Gasteiger partial charge in [0.05, 0.1) is 16.8 Å². The van der Waals surface area contributed by atoms with Gasteiger partial charge in [0.25, 0.3) is 0 Å². The fourth-order valence-electron chi connectivity index (χ4n) is 2.41. The Labute approximate surface area is 128 Å². The summed E-state index contributed by atoms with van der Waals surface area (Å²) in [5.74, 6) is -0.186. The Balaban J connectivity index is 2.40. The topological polar surface area (TPSA) is 89.0 Å². The normalized spacial score (nSPS) is 16.2. The molecule has 0 unspecified atom stereocenters. The Morgan fingerprint density at radius 3 is 2.55 bits per heavy atom. The zero-order valence-corrected chi connectivity index (χ0v) is 13.2. The Kier molecular flexibility index (Phi) is 3.07. The second-order valence-corrected chi connectivity index (χ2v) is 7.72. The van der Waals surface area contributed by atoms with Gasteiger partial charge in [0, 0.05) is 23.6 Å². The summed E-state index contributed by atoms with van der Waals surface area (Å²) < 4.78 is 23.5. The van der Waals surface area contributed by atoms with Crippen molar-refractivity contribution >= 4 is 21.4 Å². The Bertz CT molecular complexity index is 889.